The molecule has 1 saturated carbocycles. The molecule has 0 spiro atoms. The highest BCUT2D eigenvalue weighted by molar-refractivity contribution is 5.85. The Morgan fingerprint density at radius 2 is 2.24 bits per heavy atom. The predicted octanol–water partition coefficient (Wildman–Crippen LogP) is 2.50. The highest BCUT2D eigenvalue weighted by Gasteiger charge is 2.20. The third-order valence-corrected chi connectivity index (χ3v) is 3.19. The molecule has 0 radical (unpaired) electrons. The molecule has 3 rings (SSSR count). The van der Waals surface area contributed by atoms with E-state index in [0.717, 1.165) is 18.0 Å². The van der Waals surface area contributed by atoms with Gasteiger partial charge in [0.15, 0.2) is 0 Å². The molecule has 1 aliphatic carbocycles. The van der Waals surface area contributed by atoms with Gasteiger partial charge in [-0.1, -0.05) is 0 Å². The number of nitrogens with zero attached hydrogens (tertiary/aromatic N) is 1. The van der Waals surface area contributed by atoms with E-state index in [4.69, 9.17) is 4.74 Å². The van der Waals surface area contributed by atoms with Gasteiger partial charge in [-0.05, 0) is 42.5 Å². The van der Waals surface area contributed by atoms with E-state index in [1.807, 2.05) is 18.3 Å². The first-order chi connectivity index (χ1) is 8.36. The molecule has 1 aliphatic rings. The fourth-order valence-corrected chi connectivity index (χ4v) is 2.01. The highest BCUT2D eigenvalue weighted by Crippen LogP contribution is 2.24. The fourth-order valence-electron chi connectivity index (χ4n) is 2.01. The van der Waals surface area contributed by atoms with Gasteiger partial charge in [-0.15, -0.1) is 0 Å². The first-order valence-corrected chi connectivity index (χ1v) is 6.02. The van der Waals surface area contributed by atoms with E-state index in [0.29, 0.717) is 6.04 Å². The average molecular weight is 228 g/mol. The molecule has 17 heavy (non-hydrogen) atoms. The Balaban J connectivity index is 1.93. The second kappa shape index (κ2) is 4.34. The lowest BCUT2D eigenvalue weighted by molar-refractivity contribution is 0.415. The molecule has 0 amide bonds. The molecule has 0 bridgehead atoms. The first kappa shape index (κ1) is 10.5. The molecule has 1 fully saturated rings. The van der Waals surface area contributed by atoms with Crippen molar-refractivity contribution < 1.29 is 4.74 Å². The molecule has 2 aromatic rings. The number of hydrogen-bond donors (Lipinski definition) is 1. The van der Waals surface area contributed by atoms with E-state index in [1.165, 1.54) is 23.6 Å². The van der Waals surface area contributed by atoms with Crippen LogP contribution in [0.1, 0.15) is 18.5 Å². The quantitative estimate of drug-likeness (QED) is 0.873. The number of fused-ring (bicyclic) bond motifs is 1. The van der Waals surface area contributed by atoms with Crippen molar-refractivity contribution in [3.05, 3.63) is 36.2 Å². The molecule has 88 valence electrons. The second-order valence-corrected chi connectivity index (χ2v) is 4.50. The minimum absolute atomic E-state index is 0.713. The Hall–Kier alpha value is -1.61. The summed E-state index contributed by atoms with van der Waals surface area (Å²) in [5.74, 6) is 0.893. The average Bonchev–Trinajstić information content (AvgIpc) is 3.19. The monoisotopic (exact) mass is 228 g/mol. The zero-order valence-electron chi connectivity index (χ0n) is 9.94. The first-order valence-electron chi connectivity index (χ1n) is 6.02. The molecule has 0 atom stereocenters. The SMILES string of the molecule is COc1ccc2c(CNC3CC3)nccc2c1. The number of nitrogens with one attached hydrogen (secondary N) is 1. The summed E-state index contributed by atoms with van der Waals surface area (Å²) in [5.41, 5.74) is 1.12. The molecule has 3 nitrogen and oxygen atoms in total. The number of aromatic nitrogens is 1. The summed E-state index contributed by atoms with van der Waals surface area (Å²) >= 11 is 0. The Morgan fingerprint density at radius 3 is 3.00 bits per heavy atom. The van der Waals surface area contributed by atoms with Crippen LogP contribution >= 0.6 is 0 Å². The number of benzene rings is 1. The topological polar surface area (TPSA) is 34.1 Å². The van der Waals surface area contributed by atoms with E-state index < -0.39 is 0 Å². The van der Waals surface area contributed by atoms with Crippen molar-refractivity contribution >= 4 is 10.8 Å². The van der Waals surface area contributed by atoms with E-state index in [-0.39, 0.29) is 0 Å². The normalized spacial score (nSPS) is 15.1. The van der Waals surface area contributed by atoms with E-state index in [2.05, 4.69) is 22.4 Å². The van der Waals surface area contributed by atoms with Crippen LogP contribution in [0.15, 0.2) is 30.5 Å². The number of ether oxygens (including phenoxy) is 1. The fraction of sp³-hybridized carbons (Fsp3) is 0.357. The maximum atomic E-state index is 5.23. The minimum atomic E-state index is 0.713. The maximum Gasteiger partial charge on any atom is 0.119 e. The van der Waals surface area contributed by atoms with Gasteiger partial charge in [0.05, 0.1) is 12.8 Å². The van der Waals surface area contributed by atoms with Crippen LogP contribution in [-0.2, 0) is 6.54 Å². The molecule has 1 N–H and O–H groups in total. The van der Waals surface area contributed by atoms with Gasteiger partial charge in [-0.25, -0.2) is 0 Å². The summed E-state index contributed by atoms with van der Waals surface area (Å²) in [6.07, 6.45) is 4.48. The van der Waals surface area contributed by atoms with Gasteiger partial charge >= 0.3 is 0 Å². The third kappa shape index (κ3) is 2.24. The van der Waals surface area contributed by atoms with Crippen molar-refractivity contribution in [2.75, 3.05) is 7.11 Å². The summed E-state index contributed by atoms with van der Waals surface area (Å²) < 4.78 is 5.23. The lowest BCUT2D eigenvalue weighted by Crippen LogP contribution is -2.16. The zero-order chi connectivity index (χ0) is 11.7. The number of pyridine rings is 1. The van der Waals surface area contributed by atoms with Crippen LogP contribution < -0.4 is 10.1 Å². The Kier molecular flexibility index (Phi) is 2.69. The van der Waals surface area contributed by atoms with E-state index >= 15 is 0 Å². The molecule has 1 aromatic heterocycles. The number of methoxy groups -OCH3 is 1. The molecular weight excluding hydrogens is 212 g/mol. The van der Waals surface area contributed by atoms with Crippen LogP contribution in [0.2, 0.25) is 0 Å². The van der Waals surface area contributed by atoms with Gasteiger partial charge in [0, 0.05) is 24.2 Å². The Bertz CT molecular complexity index is 535. The van der Waals surface area contributed by atoms with Gasteiger partial charge in [0.2, 0.25) is 0 Å². The van der Waals surface area contributed by atoms with Crippen molar-refractivity contribution in [3.63, 3.8) is 0 Å². The predicted molar refractivity (Wildman–Crippen MR) is 68.2 cm³/mol. The van der Waals surface area contributed by atoms with Crippen molar-refractivity contribution in [2.24, 2.45) is 0 Å². The van der Waals surface area contributed by atoms with Gasteiger partial charge in [0.25, 0.3) is 0 Å². The molecule has 0 saturated heterocycles. The van der Waals surface area contributed by atoms with Crippen LogP contribution in [0.4, 0.5) is 0 Å². The van der Waals surface area contributed by atoms with Crippen LogP contribution in [0.3, 0.4) is 0 Å². The summed E-state index contributed by atoms with van der Waals surface area (Å²) in [6, 6.07) is 8.87. The Morgan fingerprint density at radius 1 is 1.35 bits per heavy atom. The van der Waals surface area contributed by atoms with Crippen molar-refractivity contribution in [3.8, 4) is 5.75 Å². The molecule has 3 heteroatoms. The zero-order valence-corrected chi connectivity index (χ0v) is 9.94. The molecule has 1 heterocycles. The van der Waals surface area contributed by atoms with Crippen molar-refractivity contribution in [1.82, 2.24) is 10.3 Å². The van der Waals surface area contributed by atoms with Gasteiger partial charge < -0.3 is 10.1 Å². The van der Waals surface area contributed by atoms with E-state index in [9.17, 15) is 0 Å². The van der Waals surface area contributed by atoms with Crippen molar-refractivity contribution in [2.45, 2.75) is 25.4 Å². The summed E-state index contributed by atoms with van der Waals surface area (Å²) in [6.45, 7) is 0.855. The smallest absolute Gasteiger partial charge is 0.119 e. The summed E-state index contributed by atoms with van der Waals surface area (Å²) in [7, 11) is 1.69. The minimum Gasteiger partial charge on any atom is -0.497 e. The maximum absolute atomic E-state index is 5.23. The Labute approximate surface area is 101 Å². The van der Waals surface area contributed by atoms with Crippen LogP contribution in [0, 0.1) is 0 Å². The third-order valence-electron chi connectivity index (χ3n) is 3.19. The van der Waals surface area contributed by atoms with Gasteiger partial charge in [-0.2, -0.15) is 0 Å². The second-order valence-electron chi connectivity index (χ2n) is 4.50. The highest BCUT2D eigenvalue weighted by atomic mass is 16.5. The van der Waals surface area contributed by atoms with Crippen LogP contribution in [0.5, 0.6) is 5.75 Å². The molecule has 0 aliphatic heterocycles. The lowest BCUT2D eigenvalue weighted by atomic mass is 10.1. The van der Waals surface area contributed by atoms with Crippen molar-refractivity contribution in [1.29, 1.82) is 0 Å². The summed E-state index contributed by atoms with van der Waals surface area (Å²) in [4.78, 5) is 4.46. The lowest BCUT2D eigenvalue weighted by Gasteiger charge is -2.07. The largest absolute Gasteiger partial charge is 0.497 e. The van der Waals surface area contributed by atoms with Gasteiger partial charge in [-0.3, -0.25) is 4.98 Å². The van der Waals surface area contributed by atoms with Gasteiger partial charge in [0.1, 0.15) is 5.75 Å². The number of hydrogen-bond acceptors (Lipinski definition) is 3. The van der Waals surface area contributed by atoms with Crippen LogP contribution in [0.25, 0.3) is 10.8 Å². The molecular formula is C14H16N2O. The summed E-state index contributed by atoms with van der Waals surface area (Å²) in [5, 5.41) is 5.90. The van der Waals surface area contributed by atoms with Crippen LogP contribution in [-0.4, -0.2) is 18.1 Å². The standard InChI is InChI=1S/C14H16N2O/c1-17-12-4-5-13-10(8-12)6-7-15-14(13)9-16-11-2-3-11/h4-8,11,16H,2-3,9H2,1H3. The number of rotatable bonds is 4. The molecule has 0 unspecified atom stereocenters. The molecule has 1 aromatic carbocycles. The van der Waals surface area contributed by atoms with E-state index in [1.54, 1.807) is 7.11 Å².